The van der Waals surface area contributed by atoms with Crippen molar-refractivity contribution < 1.29 is 13.2 Å². The van der Waals surface area contributed by atoms with Crippen molar-refractivity contribution in [1.29, 1.82) is 0 Å². The smallest absolute Gasteiger partial charge is 0.258 e. The molecule has 1 fully saturated rings. The maximum Gasteiger partial charge on any atom is 0.258 e. The zero-order valence-corrected chi connectivity index (χ0v) is 16.8. The van der Waals surface area contributed by atoms with E-state index in [2.05, 4.69) is 9.71 Å². The first-order valence-electron chi connectivity index (χ1n) is 8.74. The van der Waals surface area contributed by atoms with E-state index < -0.39 is 10.0 Å². The standard InChI is InChI=1S/C19H22ClN3O3S/c1-3-21-11-17-14(4-7-18(17)22-27(2,25)26)12-23-9-8-13-10-15(20)5-6-16(13)19(23)24/h3,5-6,10-12,18,22H,4,7-9H2,1-2H3/b14-12+,17-11+,21-3?. The summed E-state index contributed by atoms with van der Waals surface area (Å²) in [6, 6.07) is 4.98. The zero-order valence-electron chi connectivity index (χ0n) is 15.3. The molecule has 0 spiro atoms. The number of hydrogen-bond acceptors (Lipinski definition) is 4. The number of carbonyl (C=O) groups is 1. The summed E-state index contributed by atoms with van der Waals surface area (Å²) < 4.78 is 25.9. The minimum Gasteiger partial charge on any atom is -0.314 e. The number of amides is 1. The van der Waals surface area contributed by atoms with Gasteiger partial charge in [0.2, 0.25) is 10.0 Å². The van der Waals surface area contributed by atoms with Crippen LogP contribution in [0.1, 0.15) is 35.7 Å². The lowest BCUT2D eigenvalue weighted by molar-refractivity contribution is 0.0808. The summed E-state index contributed by atoms with van der Waals surface area (Å²) >= 11 is 6.02. The predicted molar refractivity (Wildman–Crippen MR) is 108 cm³/mol. The molecule has 8 heteroatoms. The highest BCUT2D eigenvalue weighted by Gasteiger charge is 2.30. The first kappa shape index (κ1) is 19.8. The molecule has 1 aliphatic heterocycles. The Balaban J connectivity index is 1.89. The summed E-state index contributed by atoms with van der Waals surface area (Å²) in [6.45, 7) is 2.36. The topological polar surface area (TPSA) is 78.8 Å². The van der Waals surface area contributed by atoms with Gasteiger partial charge in [0.05, 0.1) is 6.26 Å². The predicted octanol–water partition coefficient (Wildman–Crippen LogP) is 2.91. The molecule has 0 saturated heterocycles. The molecule has 0 radical (unpaired) electrons. The van der Waals surface area contributed by atoms with Crippen molar-refractivity contribution >= 4 is 33.7 Å². The van der Waals surface area contributed by atoms with Crippen LogP contribution in [-0.2, 0) is 16.4 Å². The summed E-state index contributed by atoms with van der Waals surface area (Å²) in [5, 5.41) is 0.626. The van der Waals surface area contributed by atoms with E-state index in [9.17, 15) is 13.2 Å². The van der Waals surface area contributed by atoms with Gasteiger partial charge in [0.1, 0.15) is 0 Å². The van der Waals surface area contributed by atoms with Gasteiger partial charge in [-0.3, -0.25) is 9.79 Å². The molecule has 27 heavy (non-hydrogen) atoms. The number of sulfonamides is 1. The molecule has 1 amide bonds. The molecule has 6 nitrogen and oxygen atoms in total. The van der Waals surface area contributed by atoms with Crippen molar-refractivity contribution in [1.82, 2.24) is 9.62 Å². The van der Waals surface area contributed by atoms with Crippen LogP contribution >= 0.6 is 11.6 Å². The fourth-order valence-corrected chi connectivity index (χ4v) is 4.41. The number of nitrogens with one attached hydrogen (secondary N) is 1. The van der Waals surface area contributed by atoms with Gasteiger partial charge in [-0.1, -0.05) is 11.6 Å². The molecule has 0 aromatic heterocycles. The highest BCUT2D eigenvalue weighted by Crippen LogP contribution is 2.33. The normalized spacial score (nSPS) is 23.6. The third-order valence-corrected chi connectivity index (χ3v) is 5.61. The minimum absolute atomic E-state index is 0.0710. The monoisotopic (exact) mass is 407 g/mol. The number of hydrogen-bond donors (Lipinski definition) is 1. The lowest BCUT2D eigenvalue weighted by Crippen LogP contribution is -2.34. The Bertz CT molecular complexity index is 951. The van der Waals surface area contributed by atoms with Crippen LogP contribution in [0, 0.1) is 0 Å². The van der Waals surface area contributed by atoms with Crippen molar-refractivity contribution in [2.24, 2.45) is 4.99 Å². The summed E-state index contributed by atoms with van der Waals surface area (Å²) in [5.74, 6) is -0.0710. The molecule has 1 aromatic rings. The highest BCUT2D eigenvalue weighted by atomic mass is 35.5. The molecule has 1 saturated carbocycles. The van der Waals surface area contributed by atoms with Crippen molar-refractivity contribution in [3.8, 4) is 0 Å². The van der Waals surface area contributed by atoms with Gasteiger partial charge in [0.15, 0.2) is 0 Å². The van der Waals surface area contributed by atoms with Crippen LogP contribution in [0.3, 0.4) is 0 Å². The van der Waals surface area contributed by atoms with Crippen LogP contribution in [-0.4, -0.2) is 44.3 Å². The van der Waals surface area contributed by atoms with E-state index in [1.807, 2.05) is 12.3 Å². The van der Waals surface area contributed by atoms with E-state index in [1.54, 1.807) is 36.4 Å². The molecule has 1 unspecified atom stereocenters. The van der Waals surface area contributed by atoms with E-state index in [0.717, 1.165) is 29.4 Å². The second-order valence-corrected chi connectivity index (χ2v) is 8.89. The van der Waals surface area contributed by atoms with Gasteiger partial charge in [0.25, 0.3) is 5.91 Å². The van der Waals surface area contributed by atoms with Gasteiger partial charge in [-0.25, -0.2) is 13.1 Å². The molecular formula is C19H22ClN3O3S. The fraction of sp³-hybridized carbons (Fsp3) is 0.368. The number of carbonyl (C=O) groups excluding carboxylic acids is 1. The van der Waals surface area contributed by atoms with Crippen LogP contribution < -0.4 is 4.72 Å². The van der Waals surface area contributed by atoms with Crippen molar-refractivity contribution in [3.63, 3.8) is 0 Å². The van der Waals surface area contributed by atoms with Crippen molar-refractivity contribution in [3.05, 3.63) is 57.9 Å². The number of aliphatic imine (C=N–C) groups is 1. The molecule has 1 aliphatic carbocycles. The SMILES string of the molecule is CC=N/C=C1\C(=C\N2CCc3cc(Cl)ccc3C2=O)CCC1NS(C)(=O)=O. The Labute approximate surface area is 164 Å². The number of rotatable bonds is 4. The van der Waals surface area contributed by atoms with Crippen LogP contribution in [0.15, 0.2) is 46.7 Å². The molecule has 1 N–H and O–H groups in total. The van der Waals surface area contributed by atoms with E-state index in [4.69, 9.17) is 11.6 Å². The Hall–Kier alpha value is -1.96. The molecule has 1 heterocycles. The zero-order chi connectivity index (χ0) is 19.6. The van der Waals surface area contributed by atoms with E-state index in [-0.39, 0.29) is 11.9 Å². The summed E-state index contributed by atoms with van der Waals surface area (Å²) in [4.78, 5) is 18.7. The van der Waals surface area contributed by atoms with E-state index in [0.29, 0.717) is 30.0 Å². The Morgan fingerprint density at radius 3 is 2.81 bits per heavy atom. The Morgan fingerprint density at radius 1 is 1.33 bits per heavy atom. The lowest BCUT2D eigenvalue weighted by Gasteiger charge is -2.26. The first-order chi connectivity index (χ1) is 12.8. The van der Waals surface area contributed by atoms with Gasteiger partial charge in [-0.15, -0.1) is 0 Å². The second-order valence-electron chi connectivity index (χ2n) is 6.68. The van der Waals surface area contributed by atoms with Crippen LogP contribution in [0.25, 0.3) is 0 Å². The van der Waals surface area contributed by atoms with Gasteiger partial charge in [-0.2, -0.15) is 0 Å². The van der Waals surface area contributed by atoms with Crippen LogP contribution in [0.4, 0.5) is 0 Å². The van der Waals surface area contributed by atoms with Gasteiger partial charge >= 0.3 is 0 Å². The van der Waals surface area contributed by atoms with Crippen LogP contribution in [0.2, 0.25) is 5.02 Å². The number of halogens is 1. The van der Waals surface area contributed by atoms with Crippen LogP contribution in [0.5, 0.6) is 0 Å². The molecular weight excluding hydrogens is 386 g/mol. The van der Waals surface area contributed by atoms with Gasteiger partial charge in [-0.05, 0) is 61.1 Å². The minimum atomic E-state index is -3.34. The average Bonchev–Trinajstić information content (AvgIpc) is 2.95. The lowest BCUT2D eigenvalue weighted by atomic mass is 9.99. The number of benzene rings is 1. The van der Waals surface area contributed by atoms with Crippen molar-refractivity contribution in [2.45, 2.75) is 32.2 Å². The number of nitrogens with zero attached hydrogens (tertiary/aromatic N) is 2. The quantitative estimate of drug-likeness (QED) is 0.779. The largest absolute Gasteiger partial charge is 0.314 e. The van der Waals surface area contributed by atoms with E-state index in [1.165, 1.54) is 0 Å². The fourth-order valence-electron chi connectivity index (χ4n) is 3.46. The maximum atomic E-state index is 12.8. The summed E-state index contributed by atoms with van der Waals surface area (Å²) in [5.41, 5.74) is 3.33. The van der Waals surface area contributed by atoms with Crippen molar-refractivity contribution in [2.75, 3.05) is 12.8 Å². The van der Waals surface area contributed by atoms with Gasteiger partial charge in [0, 0.05) is 41.8 Å². The molecule has 0 bridgehead atoms. The Kier molecular flexibility index (Phi) is 5.83. The second kappa shape index (κ2) is 7.96. The highest BCUT2D eigenvalue weighted by molar-refractivity contribution is 7.88. The molecule has 1 aromatic carbocycles. The molecule has 1 atom stereocenters. The summed E-state index contributed by atoms with van der Waals surface area (Å²) in [7, 11) is -3.34. The summed E-state index contributed by atoms with van der Waals surface area (Å²) in [6.07, 6.45) is 8.33. The average molecular weight is 408 g/mol. The third kappa shape index (κ3) is 4.66. The third-order valence-electron chi connectivity index (χ3n) is 4.66. The maximum absolute atomic E-state index is 12.8. The Morgan fingerprint density at radius 2 is 2.11 bits per heavy atom. The first-order valence-corrected chi connectivity index (χ1v) is 11.0. The van der Waals surface area contributed by atoms with Gasteiger partial charge < -0.3 is 4.90 Å². The molecule has 3 rings (SSSR count). The molecule has 144 valence electrons. The molecule has 2 aliphatic rings. The number of fused-ring (bicyclic) bond motifs is 1. The van der Waals surface area contributed by atoms with E-state index >= 15 is 0 Å².